The van der Waals surface area contributed by atoms with Crippen molar-refractivity contribution in [3.63, 3.8) is 0 Å². The molecule has 0 aliphatic rings. The van der Waals surface area contributed by atoms with Crippen LogP contribution in [0.1, 0.15) is 23.1 Å². The number of hydrogen-bond acceptors (Lipinski definition) is 5. The Labute approximate surface area is 143 Å². The summed E-state index contributed by atoms with van der Waals surface area (Å²) >= 11 is 0. The second kappa shape index (κ2) is 6.70. The zero-order chi connectivity index (χ0) is 18.9. The molecule has 0 radical (unpaired) electrons. The molecule has 136 valence electrons. The largest absolute Gasteiger partial charge is 0.573 e. The molecule has 1 atom stereocenters. The molecule has 0 saturated carbocycles. The molecule has 2 heterocycles. The van der Waals surface area contributed by atoms with E-state index in [-0.39, 0.29) is 22.8 Å². The number of aromatic nitrogens is 3. The molecule has 26 heavy (non-hydrogen) atoms. The molecular formula is C16H10F5N3O2. The number of hydrogen-bond donors (Lipinski definition) is 0. The maximum atomic E-state index is 14.9. The lowest BCUT2D eigenvalue weighted by atomic mass is 9.99. The SMILES string of the molecule is Cc1noc(-c2cncc(F)c2C(F)c2ccc(OC(F)(F)F)cc2)n1. The molecule has 1 unspecified atom stereocenters. The van der Waals surface area contributed by atoms with Crippen molar-refractivity contribution in [2.45, 2.75) is 19.5 Å². The number of rotatable bonds is 4. The topological polar surface area (TPSA) is 61.0 Å². The average Bonchev–Trinajstić information content (AvgIpc) is 2.99. The molecule has 0 bridgehead atoms. The molecule has 0 amide bonds. The predicted molar refractivity (Wildman–Crippen MR) is 78.3 cm³/mol. The van der Waals surface area contributed by atoms with Crippen LogP contribution in [0.25, 0.3) is 11.5 Å². The number of halogens is 5. The molecule has 0 N–H and O–H groups in total. The number of benzene rings is 1. The van der Waals surface area contributed by atoms with Crippen LogP contribution in [-0.2, 0) is 0 Å². The van der Waals surface area contributed by atoms with E-state index in [1.54, 1.807) is 0 Å². The third kappa shape index (κ3) is 3.79. The maximum Gasteiger partial charge on any atom is 0.573 e. The minimum absolute atomic E-state index is 0.0475. The zero-order valence-electron chi connectivity index (χ0n) is 13.1. The van der Waals surface area contributed by atoms with Crippen molar-refractivity contribution < 1.29 is 31.2 Å². The second-order valence-corrected chi connectivity index (χ2v) is 5.21. The Morgan fingerprint density at radius 3 is 2.38 bits per heavy atom. The van der Waals surface area contributed by atoms with Crippen LogP contribution in [0.2, 0.25) is 0 Å². The highest BCUT2D eigenvalue weighted by atomic mass is 19.4. The van der Waals surface area contributed by atoms with E-state index in [1.165, 1.54) is 13.1 Å². The molecule has 0 spiro atoms. The lowest BCUT2D eigenvalue weighted by Crippen LogP contribution is -2.17. The van der Waals surface area contributed by atoms with Gasteiger partial charge in [0.15, 0.2) is 12.0 Å². The van der Waals surface area contributed by atoms with Gasteiger partial charge in [-0.15, -0.1) is 13.2 Å². The number of ether oxygens (including phenoxy) is 1. The average molecular weight is 371 g/mol. The normalized spacial score (nSPS) is 12.8. The standard InChI is InChI=1S/C16H10F5N3O2/c1-8-23-15(26-24-8)11-6-22-7-12(17)13(11)14(18)9-2-4-10(5-3-9)25-16(19,20)21/h2-7,14H,1H3. The highest BCUT2D eigenvalue weighted by molar-refractivity contribution is 5.59. The maximum absolute atomic E-state index is 14.9. The van der Waals surface area contributed by atoms with Gasteiger partial charge in [0.05, 0.1) is 11.8 Å². The van der Waals surface area contributed by atoms with Crippen molar-refractivity contribution in [3.8, 4) is 17.2 Å². The fraction of sp³-hybridized carbons (Fsp3) is 0.188. The monoisotopic (exact) mass is 371 g/mol. The smallest absolute Gasteiger partial charge is 0.406 e. The minimum Gasteiger partial charge on any atom is -0.406 e. The first-order valence-corrected chi connectivity index (χ1v) is 7.18. The van der Waals surface area contributed by atoms with Gasteiger partial charge >= 0.3 is 6.36 Å². The van der Waals surface area contributed by atoms with Gasteiger partial charge < -0.3 is 9.26 Å². The molecular weight excluding hydrogens is 361 g/mol. The Balaban J connectivity index is 1.96. The van der Waals surface area contributed by atoms with Crippen LogP contribution >= 0.6 is 0 Å². The van der Waals surface area contributed by atoms with Crippen LogP contribution in [0.5, 0.6) is 5.75 Å². The summed E-state index contributed by atoms with van der Waals surface area (Å²) in [7, 11) is 0. The lowest BCUT2D eigenvalue weighted by molar-refractivity contribution is -0.274. The van der Waals surface area contributed by atoms with E-state index in [2.05, 4.69) is 19.9 Å². The summed E-state index contributed by atoms with van der Waals surface area (Å²) in [5.41, 5.74) is -0.538. The summed E-state index contributed by atoms with van der Waals surface area (Å²) in [6.45, 7) is 1.53. The molecule has 3 rings (SSSR count). The molecule has 3 aromatic rings. The Hall–Kier alpha value is -3.04. The fourth-order valence-electron chi connectivity index (χ4n) is 2.28. The van der Waals surface area contributed by atoms with Gasteiger partial charge in [0.1, 0.15) is 11.6 Å². The van der Waals surface area contributed by atoms with E-state index in [0.717, 1.165) is 30.5 Å². The number of nitrogens with zero attached hydrogens (tertiary/aromatic N) is 3. The van der Waals surface area contributed by atoms with Crippen molar-refractivity contribution in [1.82, 2.24) is 15.1 Å². The Morgan fingerprint density at radius 2 is 1.81 bits per heavy atom. The molecule has 2 aromatic heterocycles. The molecule has 0 aliphatic carbocycles. The minimum atomic E-state index is -4.86. The van der Waals surface area contributed by atoms with Crippen molar-refractivity contribution in [2.24, 2.45) is 0 Å². The summed E-state index contributed by atoms with van der Waals surface area (Å²) in [5.74, 6) is -1.33. The summed E-state index contributed by atoms with van der Waals surface area (Å²) in [6, 6.07) is 4.00. The number of alkyl halides is 4. The van der Waals surface area contributed by atoms with Crippen molar-refractivity contribution in [3.05, 3.63) is 59.4 Å². The van der Waals surface area contributed by atoms with Crippen LogP contribution in [0.4, 0.5) is 22.0 Å². The van der Waals surface area contributed by atoms with Crippen molar-refractivity contribution >= 4 is 0 Å². The van der Waals surface area contributed by atoms with E-state index >= 15 is 0 Å². The summed E-state index contributed by atoms with van der Waals surface area (Å²) < 4.78 is 74.3. The number of aryl methyl sites for hydroxylation is 1. The summed E-state index contributed by atoms with van der Waals surface area (Å²) in [4.78, 5) is 7.56. The third-order valence-corrected chi connectivity index (χ3v) is 3.36. The highest BCUT2D eigenvalue weighted by Crippen LogP contribution is 2.36. The summed E-state index contributed by atoms with van der Waals surface area (Å²) in [6.07, 6.45) is -4.88. The number of pyridine rings is 1. The Bertz CT molecular complexity index is 909. The zero-order valence-corrected chi connectivity index (χ0v) is 13.1. The molecule has 10 heteroatoms. The lowest BCUT2D eigenvalue weighted by Gasteiger charge is -2.14. The molecule has 0 fully saturated rings. The highest BCUT2D eigenvalue weighted by Gasteiger charge is 2.31. The van der Waals surface area contributed by atoms with Crippen LogP contribution in [-0.4, -0.2) is 21.5 Å². The summed E-state index contributed by atoms with van der Waals surface area (Å²) in [5, 5.41) is 3.56. The molecule has 5 nitrogen and oxygen atoms in total. The van der Waals surface area contributed by atoms with Crippen LogP contribution < -0.4 is 4.74 Å². The van der Waals surface area contributed by atoms with Gasteiger partial charge in [-0.1, -0.05) is 17.3 Å². The van der Waals surface area contributed by atoms with Crippen molar-refractivity contribution in [2.75, 3.05) is 0 Å². The third-order valence-electron chi connectivity index (χ3n) is 3.36. The van der Waals surface area contributed by atoms with Crippen molar-refractivity contribution in [1.29, 1.82) is 0 Å². The van der Waals surface area contributed by atoms with Crippen LogP contribution in [0.3, 0.4) is 0 Å². The van der Waals surface area contributed by atoms with Crippen LogP contribution in [0, 0.1) is 12.7 Å². The molecule has 0 saturated heterocycles. The van der Waals surface area contributed by atoms with E-state index in [9.17, 15) is 22.0 Å². The van der Waals surface area contributed by atoms with Gasteiger partial charge in [-0.2, -0.15) is 4.98 Å². The van der Waals surface area contributed by atoms with Gasteiger partial charge in [0, 0.05) is 11.8 Å². The van der Waals surface area contributed by atoms with Crippen LogP contribution in [0.15, 0.2) is 41.2 Å². The first-order chi connectivity index (χ1) is 12.2. The van der Waals surface area contributed by atoms with Gasteiger partial charge in [-0.3, -0.25) is 4.98 Å². The molecule has 1 aromatic carbocycles. The van der Waals surface area contributed by atoms with Gasteiger partial charge in [-0.25, -0.2) is 8.78 Å². The van der Waals surface area contributed by atoms with E-state index in [0.29, 0.717) is 0 Å². The predicted octanol–water partition coefficient (Wildman–Crippen LogP) is 4.54. The van der Waals surface area contributed by atoms with Gasteiger partial charge in [-0.05, 0) is 24.6 Å². The van der Waals surface area contributed by atoms with E-state index in [4.69, 9.17) is 4.52 Å². The van der Waals surface area contributed by atoms with E-state index in [1.807, 2.05) is 0 Å². The fourth-order valence-corrected chi connectivity index (χ4v) is 2.28. The first kappa shape index (κ1) is 17.8. The van der Waals surface area contributed by atoms with E-state index < -0.39 is 29.7 Å². The first-order valence-electron chi connectivity index (χ1n) is 7.18. The quantitative estimate of drug-likeness (QED) is 0.631. The van der Waals surface area contributed by atoms with Gasteiger partial charge in [0.25, 0.3) is 5.89 Å². The van der Waals surface area contributed by atoms with Gasteiger partial charge in [0.2, 0.25) is 0 Å². The molecule has 0 aliphatic heterocycles. The Morgan fingerprint density at radius 1 is 1.12 bits per heavy atom. The Kier molecular flexibility index (Phi) is 4.58. The second-order valence-electron chi connectivity index (χ2n) is 5.21.